The van der Waals surface area contributed by atoms with Crippen LogP contribution in [0.1, 0.15) is 322 Å². The van der Waals surface area contributed by atoms with Crippen LogP contribution in [0, 0.1) is 39.2 Å². The van der Waals surface area contributed by atoms with Crippen LogP contribution in [-0.2, 0) is 99.3 Å². The van der Waals surface area contributed by atoms with Crippen LogP contribution >= 0.6 is 0 Å². The van der Waals surface area contributed by atoms with Crippen molar-refractivity contribution >= 4 is 128 Å². The molecule has 5 saturated carbocycles. The fourth-order valence-electron chi connectivity index (χ4n) is 21.6. The number of nitro benzene ring substituents is 1. The average Bonchev–Trinajstić information content (AvgIpc) is 1.30. The van der Waals surface area contributed by atoms with Gasteiger partial charge in [-0.25, -0.2) is 0 Å². The second-order valence-corrected chi connectivity index (χ2v) is 58.2. The Labute approximate surface area is 853 Å². The zero-order chi connectivity index (χ0) is 97.9. The van der Waals surface area contributed by atoms with Gasteiger partial charge in [-0.2, -0.15) is 0 Å². The van der Waals surface area contributed by atoms with Gasteiger partial charge in [-0.15, -0.1) is 0 Å². The third kappa shape index (κ3) is 35.0. The molecule has 12 fully saturated rings. The van der Waals surface area contributed by atoms with Gasteiger partial charge in [0.25, 0.3) is 5.69 Å². The standard InChI is InChI=1S/C23H29O3S.C18H25OS.C18H19OS.C17H25OS.2C16H23OS.C12H14NO3S/c24-21(15-27-7-1-2-8-27)19-3-5-20(6-4-19)26-22(25)23-12-16-9-17(13-23)11-18(10-16)14-23;2*19-18(14-20-12-4-5-13-20)17-10-8-16(9-11-17)15-6-2-1-3-7-15;1-3-14(2)12-15-6-8-16(9-7-15)17(18)13-19-10-4-5-11-19;1-16(2,3)14-8-6-13(7-9-14)15(17)12-18-10-4-5-11-18;1-2-3-6-14-7-9-15(10-8-14)16(17)13-18-11-4-5-12-18;14-12(9-17-7-1-2-8-17)10-3-5-11(6-4-10)13(15)16/h3-6,16-18H,1-2,7-15H2;8-11,15H,1-7,12-14H2;1-3,6-11H,4-5,12-14H2;6-9,14H,3-5,10-13H2,1-2H3;6-9H,4-5,10-12H2,1-3H3;7-10H,2-6,11-13H2,1H3;3-6H,1-2,7-9H2/q7*+1. The molecule has 5 aliphatic carbocycles. The zero-order valence-electron chi connectivity index (χ0n) is 84.3. The highest BCUT2D eigenvalue weighted by atomic mass is 32.2. The number of Topliss-reactive ketones (excluding diaryl/α,β-unsaturated/α-hetero) is 7. The minimum Gasteiger partial charge on any atom is -0.426 e. The normalized spacial score (nSPS) is 20.7. The van der Waals surface area contributed by atoms with Gasteiger partial charge < -0.3 is 4.74 Å². The Balaban J connectivity index is 0.000000137. The molecule has 0 aromatic heterocycles. The first-order chi connectivity index (χ1) is 67.4. The molecular weight excluding hydrogens is 1860 g/mol. The number of hydrogen-bond acceptors (Lipinski definition) is 11. The third-order valence-corrected chi connectivity index (χ3v) is 46.6. The molecule has 139 heavy (non-hydrogen) atoms. The van der Waals surface area contributed by atoms with E-state index < -0.39 is 4.92 Å². The number of carbonyl (C=O) groups excluding carboxylic acids is 8. The summed E-state index contributed by atoms with van der Waals surface area (Å²) in [5, 5.41) is 10.5. The number of nitro groups is 1. The van der Waals surface area contributed by atoms with Crippen LogP contribution in [-0.4, -0.2) is 172 Å². The molecule has 1 atom stereocenters. The Morgan fingerprint density at radius 1 is 0.367 bits per heavy atom. The van der Waals surface area contributed by atoms with Gasteiger partial charge in [-0.05, 0) is 342 Å². The lowest BCUT2D eigenvalue weighted by molar-refractivity contribution is -0.384. The first kappa shape index (κ1) is 109. The minimum absolute atomic E-state index is 0.0203. The Bertz CT molecular complexity index is 5130. The molecule has 4 bridgehead atoms. The SMILES string of the molecule is CC(C)(C)c1ccc(C(=O)C[S+]2CCCC2)cc1.CCC(C)Cc1ccc(C(=O)C[S+]2CCCC2)cc1.CCCCc1ccc(C(=O)C[S+]2CCCC2)cc1.O=C(C[S+]1CCCC1)c1ccc(-c2ccccc2)cc1.O=C(C[S+]1CCCC1)c1ccc(C2CCCCC2)cc1.O=C(C[S+]1CCCC1)c1ccc(OC(=O)C23CC4CC(CC(C4)C2)C3)cc1.O=C(C[S+]1CCCC1)c1ccc([N+](=O)[O-])cc1. The van der Waals surface area contributed by atoms with Crippen molar-refractivity contribution < 1.29 is 48.0 Å². The van der Waals surface area contributed by atoms with Crippen molar-refractivity contribution in [2.45, 2.75) is 245 Å². The maximum absolute atomic E-state index is 13.0. The Morgan fingerprint density at radius 2 is 0.662 bits per heavy atom. The highest BCUT2D eigenvalue weighted by Gasteiger charge is 2.56. The minimum atomic E-state index is -0.451. The van der Waals surface area contributed by atoms with Gasteiger partial charge in [0, 0.05) is 51.1 Å². The first-order valence-electron chi connectivity index (χ1n) is 52.7. The van der Waals surface area contributed by atoms with Gasteiger partial charge in [0.05, 0.1) is 10.3 Å². The summed E-state index contributed by atoms with van der Waals surface area (Å²) in [7, 11) is 2.39. The van der Waals surface area contributed by atoms with Crippen LogP contribution in [0.25, 0.3) is 11.1 Å². The number of esters is 1. The molecule has 7 heterocycles. The maximum atomic E-state index is 13.0. The number of aryl methyl sites for hydroxylation is 1. The Hall–Kier alpha value is -7.23. The fourth-order valence-corrected chi connectivity index (χ4v) is 37.4. The van der Waals surface area contributed by atoms with E-state index in [2.05, 4.69) is 126 Å². The van der Waals surface area contributed by atoms with Gasteiger partial charge in [0.15, 0.2) is 40.3 Å². The van der Waals surface area contributed by atoms with Crippen LogP contribution in [0.2, 0.25) is 0 Å². The lowest BCUT2D eigenvalue weighted by Crippen LogP contribution is -2.51. The zero-order valence-corrected chi connectivity index (χ0v) is 90.0. The van der Waals surface area contributed by atoms with E-state index in [4.69, 9.17) is 4.74 Å². The van der Waals surface area contributed by atoms with Crippen molar-refractivity contribution in [3.63, 3.8) is 0 Å². The second-order valence-electron chi connectivity index (χ2n) is 41.9. The van der Waals surface area contributed by atoms with E-state index in [1.807, 2.05) is 91.0 Å². The molecule has 744 valence electrons. The quantitative estimate of drug-likeness (QED) is 0.00974. The largest absolute Gasteiger partial charge is 0.426 e. The molecule has 0 radical (unpaired) electrons. The fraction of sp³-hybridized carbons (Fsp3) is 0.533. The third-order valence-electron chi connectivity index (χ3n) is 29.8. The number of non-ortho nitro benzene ring substituents is 1. The molecule has 0 N–H and O–H groups in total. The molecule has 8 aromatic rings. The van der Waals surface area contributed by atoms with Crippen molar-refractivity contribution in [2.75, 3.05) is 121 Å². The van der Waals surface area contributed by atoms with E-state index in [0.717, 1.165) is 124 Å². The molecule has 8 aromatic carbocycles. The number of rotatable bonds is 32. The lowest BCUT2D eigenvalue weighted by atomic mass is 9.49. The van der Waals surface area contributed by atoms with Gasteiger partial charge in [0.2, 0.25) is 40.5 Å². The van der Waals surface area contributed by atoms with E-state index >= 15 is 0 Å². The molecule has 12 nitrogen and oxygen atoms in total. The number of hydrogen-bond donors (Lipinski definition) is 0. The molecule has 20 rings (SSSR count). The summed E-state index contributed by atoms with van der Waals surface area (Å²) < 4.78 is 5.82. The van der Waals surface area contributed by atoms with Crippen molar-refractivity contribution in [1.29, 1.82) is 0 Å². The summed E-state index contributed by atoms with van der Waals surface area (Å²) in [5.74, 6) is 29.0. The van der Waals surface area contributed by atoms with Crippen molar-refractivity contribution in [1.82, 2.24) is 0 Å². The van der Waals surface area contributed by atoms with Crippen LogP contribution in [0.15, 0.2) is 200 Å². The number of carbonyl (C=O) groups is 8. The molecule has 1 unspecified atom stereocenters. The number of unbranched alkanes of at least 4 members (excludes halogenated alkanes) is 1. The van der Waals surface area contributed by atoms with Gasteiger partial charge in [0.1, 0.15) is 86.3 Å². The molecule has 0 spiro atoms. The highest BCUT2D eigenvalue weighted by Crippen LogP contribution is 2.60. The molecule has 0 amide bonds. The smallest absolute Gasteiger partial charge is 0.317 e. The molecule has 7 saturated heterocycles. The summed E-state index contributed by atoms with van der Waals surface area (Å²) in [6.07, 6.45) is 38.0. The molecular formula is C120H158NO11S7+7. The van der Waals surface area contributed by atoms with E-state index in [9.17, 15) is 48.5 Å². The monoisotopic (exact) mass is 2010 g/mol. The average molecular weight is 2020 g/mol. The van der Waals surface area contributed by atoms with E-state index in [1.165, 1.54) is 287 Å². The molecule has 7 aliphatic heterocycles. The first-order valence-corrected chi connectivity index (χ1v) is 64.8. The van der Waals surface area contributed by atoms with Crippen molar-refractivity contribution in [2.24, 2.45) is 29.1 Å². The summed E-state index contributed by atoms with van der Waals surface area (Å²) in [5.41, 5.74) is 13.6. The summed E-state index contributed by atoms with van der Waals surface area (Å²) in [6.45, 7) is 13.3. The van der Waals surface area contributed by atoms with Gasteiger partial charge in [-0.3, -0.25) is 48.5 Å². The topological polar surface area (TPSA) is 189 Å². The Morgan fingerprint density at radius 3 is 0.978 bits per heavy atom. The number of ether oxygens (including phenoxy) is 1. The van der Waals surface area contributed by atoms with Crippen LogP contribution in [0.5, 0.6) is 5.75 Å². The summed E-state index contributed by atoms with van der Waals surface area (Å²) >= 11 is 0. The number of ketones is 7. The summed E-state index contributed by atoms with van der Waals surface area (Å²) in [6, 6.07) is 64.9. The lowest BCUT2D eigenvalue weighted by Gasteiger charge is -2.55. The van der Waals surface area contributed by atoms with Gasteiger partial charge in [-0.1, -0.05) is 225 Å². The predicted molar refractivity (Wildman–Crippen MR) is 598 cm³/mol. The summed E-state index contributed by atoms with van der Waals surface area (Å²) in [4.78, 5) is 108. The van der Waals surface area contributed by atoms with Crippen LogP contribution < -0.4 is 4.74 Å². The second kappa shape index (κ2) is 56.3. The number of benzene rings is 8. The van der Waals surface area contributed by atoms with Crippen molar-refractivity contribution in [3.8, 4) is 16.9 Å². The van der Waals surface area contributed by atoms with E-state index in [0.29, 0.717) is 106 Å². The van der Waals surface area contributed by atoms with Crippen LogP contribution in [0.4, 0.5) is 5.69 Å². The Kier molecular flexibility index (Phi) is 44.2. The van der Waals surface area contributed by atoms with E-state index in [-0.39, 0.29) is 55.8 Å². The predicted octanol–water partition coefficient (Wildman–Crippen LogP) is 25.9. The van der Waals surface area contributed by atoms with Crippen LogP contribution in [0.3, 0.4) is 0 Å². The van der Waals surface area contributed by atoms with Gasteiger partial charge >= 0.3 is 5.97 Å². The van der Waals surface area contributed by atoms with Crippen molar-refractivity contribution in [3.05, 3.63) is 272 Å². The highest BCUT2D eigenvalue weighted by molar-refractivity contribution is 7.99. The maximum Gasteiger partial charge on any atom is 0.317 e. The van der Waals surface area contributed by atoms with E-state index in [1.54, 1.807) is 12.1 Å². The molecule has 19 heteroatoms. The number of nitrogens with zero attached hydrogens (tertiary/aromatic N) is 1. The molecule has 12 aliphatic rings.